The zero-order valence-electron chi connectivity index (χ0n) is 19.3. The van der Waals surface area contributed by atoms with Crippen LogP contribution in [0, 0.1) is 6.92 Å². The number of aryl methyl sites for hydroxylation is 1. The van der Waals surface area contributed by atoms with Crippen molar-refractivity contribution < 1.29 is 9.53 Å². The van der Waals surface area contributed by atoms with Gasteiger partial charge in [-0.1, -0.05) is 48.0 Å². The number of amides is 1. The van der Waals surface area contributed by atoms with Gasteiger partial charge in [0.05, 0.1) is 11.7 Å². The minimum atomic E-state index is -0.745. The van der Waals surface area contributed by atoms with Crippen molar-refractivity contribution in [2.24, 2.45) is 0 Å². The molecule has 1 unspecified atom stereocenters. The van der Waals surface area contributed by atoms with E-state index in [4.69, 9.17) is 4.74 Å². The first-order valence-electron chi connectivity index (χ1n) is 11.2. The summed E-state index contributed by atoms with van der Waals surface area (Å²) in [6, 6.07) is 23.8. The Kier molecular flexibility index (Phi) is 6.16. The van der Waals surface area contributed by atoms with E-state index in [1.165, 1.54) is 22.2 Å². The van der Waals surface area contributed by atoms with Gasteiger partial charge in [-0.15, -0.1) is 11.3 Å². The lowest BCUT2D eigenvalue weighted by Crippen LogP contribution is -2.31. The van der Waals surface area contributed by atoms with Crippen LogP contribution in [0.1, 0.15) is 18.5 Å². The number of carbonyl (C=O) groups excluding carboxylic acids is 1. The van der Waals surface area contributed by atoms with E-state index in [0.29, 0.717) is 21.7 Å². The first kappa shape index (κ1) is 22.6. The number of hydrogen-bond donors (Lipinski definition) is 1. The van der Waals surface area contributed by atoms with E-state index in [9.17, 15) is 9.59 Å². The minimum absolute atomic E-state index is 0.235. The smallest absolute Gasteiger partial charge is 0.263 e. The lowest BCUT2D eigenvalue weighted by molar-refractivity contribution is -0.118. The highest BCUT2D eigenvalue weighted by Gasteiger charge is 2.20. The second-order valence-corrected chi connectivity index (χ2v) is 9.12. The molecule has 2 heterocycles. The molecule has 174 valence electrons. The summed E-state index contributed by atoms with van der Waals surface area (Å²) >= 11 is 1.42. The van der Waals surface area contributed by atoms with Crippen LogP contribution in [-0.4, -0.2) is 15.5 Å². The molecule has 0 aliphatic carbocycles. The highest BCUT2D eigenvalue weighted by atomic mass is 32.1. The van der Waals surface area contributed by atoms with E-state index in [2.05, 4.69) is 10.3 Å². The Labute approximate surface area is 206 Å². The van der Waals surface area contributed by atoms with Gasteiger partial charge in [-0.2, -0.15) is 0 Å². The highest BCUT2D eigenvalue weighted by Crippen LogP contribution is 2.31. The number of carbonyl (C=O) groups is 1. The number of para-hydroxylation sites is 1. The van der Waals surface area contributed by atoms with Crippen LogP contribution in [0.4, 0.5) is 5.69 Å². The second-order valence-electron chi connectivity index (χ2n) is 8.26. The van der Waals surface area contributed by atoms with Crippen molar-refractivity contribution in [3.05, 3.63) is 106 Å². The van der Waals surface area contributed by atoms with Gasteiger partial charge in [-0.05, 0) is 55.8 Å². The van der Waals surface area contributed by atoms with Gasteiger partial charge in [0.25, 0.3) is 5.56 Å². The van der Waals surface area contributed by atoms with Gasteiger partial charge in [0.2, 0.25) is 5.91 Å². The number of thiophene rings is 1. The van der Waals surface area contributed by atoms with Crippen LogP contribution in [0.5, 0.6) is 11.5 Å². The number of ether oxygens (including phenoxy) is 1. The van der Waals surface area contributed by atoms with Crippen molar-refractivity contribution in [1.29, 1.82) is 0 Å². The molecule has 0 radical (unpaired) electrons. The van der Waals surface area contributed by atoms with Crippen LogP contribution in [0.15, 0.2) is 95.4 Å². The molecule has 2 aromatic heterocycles. The van der Waals surface area contributed by atoms with Crippen molar-refractivity contribution in [2.45, 2.75) is 19.9 Å². The molecular weight excluding hydrogens is 458 g/mol. The molecule has 0 aliphatic rings. The Hall–Kier alpha value is -4.23. The molecule has 0 aliphatic heterocycles. The standard InChI is InChI=1S/C28H23N3O3S/c1-18-8-10-20(11-9-18)24-16-35-27-25(24)28(33)31(17-29-27)19(2)26(32)30-21-12-14-23(15-13-21)34-22-6-4-3-5-7-22/h3-17,19H,1-2H3,(H,30,32). The summed E-state index contributed by atoms with van der Waals surface area (Å²) in [5, 5.41) is 5.35. The first-order chi connectivity index (χ1) is 17.0. The maximum Gasteiger partial charge on any atom is 0.263 e. The normalized spacial score (nSPS) is 11.8. The van der Waals surface area contributed by atoms with Gasteiger partial charge in [0, 0.05) is 16.6 Å². The maximum atomic E-state index is 13.4. The Balaban J connectivity index is 1.36. The molecule has 5 rings (SSSR count). The van der Waals surface area contributed by atoms with Gasteiger partial charge in [-0.25, -0.2) is 4.98 Å². The number of fused-ring (bicyclic) bond motifs is 1. The predicted molar refractivity (Wildman–Crippen MR) is 140 cm³/mol. The monoisotopic (exact) mass is 481 g/mol. The van der Waals surface area contributed by atoms with Gasteiger partial charge in [0.1, 0.15) is 22.4 Å². The van der Waals surface area contributed by atoms with Crippen LogP contribution >= 0.6 is 11.3 Å². The fourth-order valence-corrected chi connectivity index (χ4v) is 4.68. The van der Waals surface area contributed by atoms with Crippen LogP contribution in [0.25, 0.3) is 21.3 Å². The molecule has 7 heteroatoms. The molecule has 1 atom stereocenters. The Morgan fingerprint density at radius 1 is 0.971 bits per heavy atom. The Morgan fingerprint density at radius 3 is 2.37 bits per heavy atom. The first-order valence-corrected chi connectivity index (χ1v) is 12.1. The Morgan fingerprint density at radius 2 is 1.66 bits per heavy atom. The van der Waals surface area contributed by atoms with Gasteiger partial charge >= 0.3 is 0 Å². The summed E-state index contributed by atoms with van der Waals surface area (Å²) in [6.45, 7) is 3.71. The fourth-order valence-electron chi connectivity index (χ4n) is 3.77. The minimum Gasteiger partial charge on any atom is -0.457 e. The molecule has 5 aromatic rings. The summed E-state index contributed by atoms with van der Waals surface area (Å²) in [4.78, 5) is 31.5. The zero-order chi connectivity index (χ0) is 24.4. The van der Waals surface area contributed by atoms with E-state index in [1.54, 1.807) is 31.2 Å². The molecule has 35 heavy (non-hydrogen) atoms. The number of rotatable bonds is 6. The van der Waals surface area contributed by atoms with Crippen molar-refractivity contribution >= 4 is 33.1 Å². The average molecular weight is 482 g/mol. The highest BCUT2D eigenvalue weighted by molar-refractivity contribution is 7.17. The number of hydrogen-bond acceptors (Lipinski definition) is 5. The third-order valence-corrected chi connectivity index (χ3v) is 6.67. The summed E-state index contributed by atoms with van der Waals surface area (Å²) in [6.07, 6.45) is 1.45. The van der Waals surface area contributed by atoms with Crippen molar-refractivity contribution in [2.75, 3.05) is 5.32 Å². The number of benzene rings is 3. The number of anilines is 1. The quantitative estimate of drug-likeness (QED) is 0.303. The summed E-state index contributed by atoms with van der Waals surface area (Å²) in [7, 11) is 0. The molecule has 0 saturated heterocycles. The largest absolute Gasteiger partial charge is 0.457 e. The molecular formula is C28H23N3O3S. The van der Waals surface area contributed by atoms with Crippen LogP contribution < -0.4 is 15.6 Å². The van der Waals surface area contributed by atoms with Gasteiger partial charge in [0.15, 0.2) is 0 Å². The molecule has 0 bridgehead atoms. The maximum absolute atomic E-state index is 13.4. The van der Waals surface area contributed by atoms with Gasteiger partial charge < -0.3 is 10.1 Å². The number of aromatic nitrogens is 2. The predicted octanol–water partition coefficient (Wildman–Crippen LogP) is 6.43. The SMILES string of the molecule is Cc1ccc(-c2csc3ncn(C(C)C(=O)Nc4ccc(Oc5ccccc5)cc4)c(=O)c23)cc1. The van der Waals surface area contributed by atoms with E-state index >= 15 is 0 Å². The van der Waals surface area contributed by atoms with Crippen molar-refractivity contribution in [3.63, 3.8) is 0 Å². The van der Waals surface area contributed by atoms with Crippen molar-refractivity contribution in [1.82, 2.24) is 9.55 Å². The lowest BCUT2D eigenvalue weighted by atomic mass is 10.0. The van der Waals surface area contributed by atoms with E-state index < -0.39 is 6.04 Å². The second kappa shape index (κ2) is 9.56. The molecule has 3 aromatic carbocycles. The number of nitrogens with zero attached hydrogens (tertiary/aromatic N) is 2. The van der Waals surface area contributed by atoms with Crippen LogP contribution in [-0.2, 0) is 4.79 Å². The molecule has 1 amide bonds. The van der Waals surface area contributed by atoms with Crippen LogP contribution in [0.3, 0.4) is 0 Å². The fraction of sp³-hybridized carbons (Fsp3) is 0.107. The molecule has 0 fully saturated rings. The Bertz CT molecular complexity index is 1540. The van der Waals surface area contributed by atoms with E-state index in [1.807, 2.05) is 66.9 Å². The van der Waals surface area contributed by atoms with Gasteiger partial charge in [-0.3, -0.25) is 14.2 Å². The molecule has 1 N–H and O–H groups in total. The summed E-state index contributed by atoms with van der Waals surface area (Å²) < 4.78 is 7.18. The van der Waals surface area contributed by atoms with Crippen LogP contribution in [0.2, 0.25) is 0 Å². The molecule has 6 nitrogen and oxygen atoms in total. The zero-order valence-corrected chi connectivity index (χ0v) is 20.1. The topological polar surface area (TPSA) is 73.2 Å². The summed E-state index contributed by atoms with van der Waals surface area (Å²) in [5.41, 5.74) is 3.31. The molecule has 0 spiro atoms. The number of nitrogens with one attached hydrogen (secondary N) is 1. The third-order valence-electron chi connectivity index (χ3n) is 5.78. The average Bonchev–Trinajstić information content (AvgIpc) is 3.31. The lowest BCUT2D eigenvalue weighted by Gasteiger charge is -2.15. The third kappa shape index (κ3) is 4.72. The van der Waals surface area contributed by atoms with E-state index in [-0.39, 0.29) is 11.5 Å². The summed E-state index contributed by atoms with van der Waals surface area (Å²) in [5.74, 6) is 1.09. The van der Waals surface area contributed by atoms with E-state index in [0.717, 1.165) is 22.4 Å². The molecule has 0 saturated carbocycles. The van der Waals surface area contributed by atoms with Crippen molar-refractivity contribution in [3.8, 4) is 22.6 Å².